The predicted molar refractivity (Wildman–Crippen MR) is 92.3 cm³/mol. The number of carbonyl (C=O) groups is 1. The Bertz CT molecular complexity index is 865. The molecule has 0 saturated heterocycles. The van der Waals surface area contributed by atoms with Crippen LogP contribution in [0.3, 0.4) is 0 Å². The Balaban J connectivity index is 2.13. The summed E-state index contributed by atoms with van der Waals surface area (Å²) in [6.45, 7) is 1.60. The average Bonchev–Trinajstić information content (AvgIpc) is 2.97. The molecule has 0 spiro atoms. The highest BCUT2D eigenvalue weighted by molar-refractivity contribution is 5.92. The number of aromatic nitrogens is 1. The van der Waals surface area contributed by atoms with Crippen LogP contribution in [0, 0.1) is 0 Å². The van der Waals surface area contributed by atoms with Gasteiger partial charge in [-0.15, -0.1) is 0 Å². The lowest BCUT2D eigenvalue weighted by molar-refractivity contribution is -0.142. The summed E-state index contributed by atoms with van der Waals surface area (Å²) in [6.07, 6.45) is 0. The summed E-state index contributed by atoms with van der Waals surface area (Å²) in [4.78, 5) is 14.7. The molecular weight excluding hydrogens is 306 g/mol. The van der Waals surface area contributed by atoms with Crippen molar-refractivity contribution in [2.45, 2.75) is 13.5 Å². The van der Waals surface area contributed by atoms with Gasteiger partial charge in [0.15, 0.2) is 0 Å². The van der Waals surface area contributed by atoms with E-state index in [0.29, 0.717) is 0 Å². The Hall–Kier alpha value is -2.95. The van der Waals surface area contributed by atoms with E-state index in [0.717, 1.165) is 39.2 Å². The van der Waals surface area contributed by atoms with Crippen LogP contribution in [0.25, 0.3) is 22.2 Å². The van der Waals surface area contributed by atoms with Crippen molar-refractivity contribution in [3.05, 3.63) is 48.0 Å². The van der Waals surface area contributed by atoms with Crippen LogP contribution in [-0.4, -0.2) is 25.2 Å². The van der Waals surface area contributed by atoms with Gasteiger partial charge in [0.1, 0.15) is 18.1 Å². The number of nitrogens with one attached hydrogen (secondary N) is 1. The average molecular weight is 325 g/mol. The fourth-order valence-electron chi connectivity index (χ4n) is 2.68. The van der Waals surface area contributed by atoms with Crippen molar-refractivity contribution >= 4 is 16.9 Å². The highest BCUT2D eigenvalue weighted by Gasteiger charge is 2.15. The second-order valence-electron chi connectivity index (χ2n) is 5.40. The number of ether oxygens (including phenoxy) is 3. The quantitative estimate of drug-likeness (QED) is 0.722. The summed E-state index contributed by atoms with van der Waals surface area (Å²) in [5, 5.41) is 0.974. The summed E-state index contributed by atoms with van der Waals surface area (Å²) >= 11 is 0. The van der Waals surface area contributed by atoms with Crippen LogP contribution < -0.4 is 9.47 Å². The second-order valence-corrected chi connectivity index (χ2v) is 5.40. The van der Waals surface area contributed by atoms with Gasteiger partial charge < -0.3 is 19.2 Å². The molecule has 0 atom stereocenters. The largest absolute Gasteiger partial charge is 0.497 e. The third-order valence-electron chi connectivity index (χ3n) is 3.91. The molecule has 0 aliphatic rings. The molecule has 0 radical (unpaired) electrons. The number of methoxy groups -OCH3 is 2. The van der Waals surface area contributed by atoms with Gasteiger partial charge in [0.05, 0.1) is 19.9 Å². The number of benzene rings is 2. The van der Waals surface area contributed by atoms with Crippen LogP contribution >= 0.6 is 0 Å². The van der Waals surface area contributed by atoms with E-state index in [1.54, 1.807) is 14.2 Å². The summed E-state index contributed by atoms with van der Waals surface area (Å²) < 4.78 is 15.8. The molecule has 5 nitrogen and oxygen atoms in total. The molecular formula is C19H19NO4. The van der Waals surface area contributed by atoms with Gasteiger partial charge in [0.25, 0.3) is 0 Å². The molecule has 5 heteroatoms. The topological polar surface area (TPSA) is 60.6 Å². The zero-order valence-corrected chi connectivity index (χ0v) is 13.9. The third-order valence-corrected chi connectivity index (χ3v) is 3.91. The highest BCUT2D eigenvalue weighted by atomic mass is 16.5. The second kappa shape index (κ2) is 6.66. The molecule has 0 unspecified atom stereocenters. The van der Waals surface area contributed by atoms with E-state index in [4.69, 9.17) is 14.2 Å². The minimum absolute atomic E-state index is 0.198. The lowest BCUT2D eigenvalue weighted by atomic mass is 10.1. The molecule has 0 amide bonds. The van der Waals surface area contributed by atoms with Crippen molar-refractivity contribution in [3.8, 4) is 22.8 Å². The van der Waals surface area contributed by atoms with Gasteiger partial charge in [-0.3, -0.25) is 4.79 Å². The lowest BCUT2D eigenvalue weighted by Crippen LogP contribution is -1.99. The molecule has 1 N–H and O–H groups in total. The Morgan fingerprint density at radius 3 is 2.29 bits per heavy atom. The van der Waals surface area contributed by atoms with Gasteiger partial charge in [-0.2, -0.15) is 0 Å². The number of hydrogen-bond acceptors (Lipinski definition) is 4. The van der Waals surface area contributed by atoms with Crippen molar-refractivity contribution in [3.63, 3.8) is 0 Å². The van der Waals surface area contributed by atoms with Gasteiger partial charge in [-0.05, 0) is 48.0 Å². The molecule has 0 bridgehead atoms. The molecule has 0 aliphatic heterocycles. The van der Waals surface area contributed by atoms with E-state index >= 15 is 0 Å². The molecule has 1 heterocycles. The first-order chi connectivity index (χ1) is 11.6. The van der Waals surface area contributed by atoms with Crippen LogP contribution in [0.15, 0.2) is 42.5 Å². The standard InChI is InChI=1S/C19H19NO4/c1-12(21)24-11-17-16-10-15(23-3)8-9-18(16)20-19(17)13-4-6-14(22-2)7-5-13/h4-10,20H,11H2,1-3H3. The Labute approximate surface area is 140 Å². The molecule has 124 valence electrons. The summed E-state index contributed by atoms with van der Waals surface area (Å²) in [6, 6.07) is 13.5. The summed E-state index contributed by atoms with van der Waals surface area (Å²) in [5.74, 6) is 1.23. The molecule has 2 aromatic carbocycles. The first-order valence-corrected chi connectivity index (χ1v) is 7.58. The Morgan fingerprint density at radius 1 is 1.00 bits per heavy atom. The SMILES string of the molecule is COc1ccc(-c2[nH]c3ccc(OC)cc3c2COC(C)=O)cc1. The van der Waals surface area contributed by atoms with Crippen molar-refractivity contribution in [1.29, 1.82) is 0 Å². The number of esters is 1. The molecule has 3 aromatic rings. The zero-order valence-electron chi connectivity index (χ0n) is 13.9. The number of hydrogen-bond donors (Lipinski definition) is 1. The van der Waals surface area contributed by atoms with E-state index in [2.05, 4.69) is 4.98 Å². The van der Waals surface area contributed by atoms with E-state index in [1.165, 1.54) is 6.92 Å². The minimum Gasteiger partial charge on any atom is -0.497 e. The number of rotatable bonds is 5. The molecule has 1 aromatic heterocycles. The van der Waals surface area contributed by atoms with Gasteiger partial charge >= 0.3 is 5.97 Å². The van der Waals surface area contributed by atoms with E-state index in [1.807, 2.05) is 42.5 Å². The molecule has 3 rings (SSSR count). The van der Waals surface area contributed by atoms with Gasteiger partial charge in [-0.25, -0.2) is 0 Å². The highest BCUT2D eigenvalue weighted by Crippen LogP contribution is 2.33. The summed E-state index contributed by atoms with van der Waals surface area (Å²) in [5.41, 5.74) is 3.79. The fourth-order valence-corrected chi connectivity index (χ4v) is 2.68. The maximum absolute atomic E-state index is 11.3. The Kier molecular flexibility index (Phi) is 4.42. The molecule has 24 heavy (non-hydrogen) atoms. The summed E-state index contributed by atoms with van der Waals surface area (Å²) in [7, 11) is 3.26. The van der Waals surface area contributed by atoms with Crippen LogP contribution in [0.1, 0.15) is 12.5 Å². The van der Waals surface area contributed by atoms with E-state index < -0.39 is 0 Å². The molecule has 0 saturated carbocycles. The van der Waals surface area contributed by atoms with Crippen LogP contribution in [0.2, 0.25) is 0 Å². The van der Waals surface area contributed by atoms with Crippen molar-refractivity contribution in [1.82, 2.24) is 4.98 Å². The zero-order chi connectivity index (χ0) is 17.1. The maximum Gasteiger partial charge on any atom is 0.302 e. The lowest BCUT2D eigenvalue weighted by Gasteiger charge is -2.07. The Morgan fingerprint density at radius 2 is 1.67 bits per heavy atom. The normalized spacial score (nSPS) is 10.6. The first kappa shape index (κ1) is 15.9. The van der Waals surface area contributed by atoms with E-state index in [9.17, 15) is 4.79 Å². The van der Waals surface area contributed by atoms with Gasteiger partial charge in [0, 0.05) is 23.4 Å². The van der Waals surface area contributed by atoms with Crippen molar-refractivity contribution < 1.29 is 19.0 Å². The minimum atomic E-state index is -0.312. The van der Waals surface area contributed by atoms with Crippen molar-refractivity contribution in [2.24, 2.45) is 0 Å². The van der Waals surface area contributed by atoms with Gasteiger partial charge in [-0.1, -0.05) is 0 Å². The van der Waals surface area contributed by atoms with Crippen LogP contribution in [0.5, 0.6) is 11.5 Å². The number of carbonyl (C=O) groups excluding carboxylic acids is 1. The number of aromatic amines is 1. The van der Waals surface area contributed by atoms with E-state index in [-0.39, 0.29) is 12.6 Å². The van der Waals surface area contributed by atoms with Crippen molar-refractivity contribution in [2.75, 3.05) is 14.2 Å². The fraction of sp³-hybridized carbons (Fsp3) is 0.211. The maximum atomic E-state index is 11.3. The van der Waals surface area contributed by atoms with Gasteiger partial charge in [0.2, 0.25) is 0 Å². The van der Waals surface area contributed by atoms with Crippen LogP contribution in [0.4, 0.5) is 0 Å². The number of H-pyrrole nitrogens is 1. The monoisotopic (exact) mass is 325 g/mol. The van der Waals surface area contributed by atoms with Crippen LogP contribution in [-0.2, 0) is 16.1 Å². The predicted octanol–water partition coefficient (Wildman–Crippen LogP) is 3.92. The molecule has 0 aliphatic carbocycles. The third kappa shape index (κ3) is 3.06. The first-order valence-electron chi connectivity index (χ1n) is 7.58. The number of fused-ring (bicyclic) bond motifs is 1. The molecule has 0 fully saturated rings. The smallest absolute Gasteiger partial charge is 0.302 e.